The quantitative estimate of drug-likeness (QED) is 0.165. The summed E-state index contributed by atoms with van der Waals surface area (Å²) in [5.74, 6) is 0.978. The maximum atomic E-state index is 12.7. The number of benzene rings is 6. The lowest BCUT2D eigenvalue weighted by atomic mass is 9.78. The van der Waals surface area contributed by atoms with Gasteiger partial charge in [-0.2, -0.15) is 0 Å². The summed E-state index contributed by atoms with van der Waals surface area (Å²) in [7, 11) is 0. The van der Waals surface area contributed by atoms with Crippen molar-refractivity contribution in [3.63, 3.8) is 0 Å². The van der Waals surface area contributed by atoms with Crippen LogP contribution in [0.1, 0.15) is 149 Å². The molecule has 6 aromatic carbocycles. The Hall–Kier alpha value is -6.26. The Kier molecular flexibility index (Phi) is 10.1. The molecule has 0 radical (unpaired) electrons. The van der Waals surface area contributed by atoms with Crippen LogP contribution in [0.4, 0.5) is 0 Å². The van der Waals surface area contributed by atoms with Crippen LogP contribution in [0.5, 0.6) is 5.75 Å². The summed E-state index contributed by atoms with van der Waals surface area (Å²) in [4.78, 5) is 10.5. The number of phenolic OH excluding ortho intramolecular Hbond substituents is 1. The summed E-state index contributed by atoms with van der Waals surface area (Å²) in [5, 5.41) is 12.7. The van der Waals surface area contributed by atoms with E-state index in [9.17, 15) is 5.11 Å². The molecule has 0 atom stereocenters. The van der Waals surface area contributed by atoms with Crippen molar-refractivity contribution in [3.05, 3.63) is 166 Å². The largest absolute Gasteiger partial charge is 0.507 e. The highest BCUT2D eigenvalue weighted by molar-refractivity contribution is 5.97. The highest BCUT2D eigenvalue weighted by Crippen LogP contribution is 2.47. The molecule has 0 saturated carbocycles. The molecule has 0 bridgehead atoms. The molecule has 4 heteroatoms. The Morgan fingerprint density at radius 2 is 1.15 bits per heavy atom. The predicted octanol–water partition coefficient (Wildman–Crippen LogP) is 17.2. The van der Waals surface area contributed by atoms with Gasteiger partial charge in [0.25, 0.3) is 0 Å². The molecule has 2 heterocycles. The van der Waals surface area contributed by atoms with Gasteiger partial charge >= 0.3 is 0 Å². The molecule has 8 rings (SSSR count). The van der Waals surface area contributed by atoms with E-state index in [-0.39, 0.29) is 45.4 Å². The normalized spacial score (nSPS) is 14.2. The molecule has 8 aromatic rings. The summed E-state index contributed by atoms with van der Waals surface area (Å²) < 4.78 is 54.9. The zero-order valence-electron chi connectivity index (χ0n) is 47.1. The van der Waals surface area contributed by atoms with Crippen molar-refractivity contribution in [1.29, 1.82) is 0 Å². The van der Waals surface area contributed by atoms with Crippen LogP contribution < -0.4 is 0 Å². The van der Waals surface area contributed by atoms with E-state index in [1.807, 2.05) is 30.3 Å². The molecule has 0 amide bonds. The summed E-state index contributed by atoms with van der Waals surface area (Å²) in [6, 6.07) is 40.5. The standard InChI is InChI=1S/C62H69N3O/c1-37(2)49-32-43(41-23-18-16-19-24-41)33-50(38(3)4)57(49)65-53-28-22-27-48(56(53)64-59(65)51-34-47(61(10,11)12)35-52(58(51)66)62(13,14)15)44-29-45(31-46(30-44)60(7,8)9)55-40(6)54(39(5)36-63-55)42-25-20-17-21-26-42/h16-38,66H,1-15H3/i5D3,6D3. The first-order valence-electron chi connectivity index (χ1n) is 26.4. The van der Waals surface area contributed by atoms with E-state index in [0.717, 1.165) is 61.3 Å². The lowest BCUT2D eigenvalue weighted by Crippen LogP contribution is -2.17. The molecular weight excluding hydrogens is 803 g/mol. The molecule has 1 N–H and O–H groups in total. The fourth-order valence-corrected chi connectivity index (χ4v) is 9.15. The minimum atomic E-state index is -2.74. The molecule has 0 aliphatic carbocycles. The summed E-state index contributed by atoms with van der Waals surface area (Å²) >= 11 is 0. The Bertz CT molecular complexity index is 3290. The van der Waals surface area contributed by atoms with Gasteiger partial charge in [0.2, 0.25) is 0 Å². The van der Waals surface area contributed by atoms with Crippen LogP contribution >= 0.6 is 0 Å². The fourth-order valence-electron chi connectivity index (χ4n) is 9.15. The number of fused-ring (bicyclic) bond motifs is 1. The predicted molar refractivity (Wildman–Crippen MR) is 281 cm³/mol. The van der Waals surface area contributed by atoms with E-state index >= 15 is 0 Å². The van der Waals surface area contributed by atoms with Gasteiger partial charge in [-0.25, -0.2) is 4.98 Å². The Morgan fingerprint density at radius 3 is 1.71 bits per heavy atom. The second-order valence-corrected chi connectivity index (χ2v) is 21.7. The lowest BCUT2D eigenvalue weighted by molar-refractivity contribution is 0.446. The molecule has 2 aromatic heterocycles. The topological polar surface area (TPSA) is 50.9 Å². The van der Waals surface area contributed by atoms with E-state index in [2.05, 4.69) is 161 Å². The van der Waals surface area contributed by atoms with Crippen molar-refractivity contribution < 1.29 is 13.3 Å². The van der Waals surface area contributed by atoms with Gasteiger partial charge in [-0.05, 0) is 139 Å². The zero-order chi connectivity index (χ0) is 52.6. The first-order valence-corrected chi connectivity index (χ1v) is 23.4. The van der Waals surface area contributed by atoms with Crippen molar-refractivity contribution >= 4 is 11.0 Å². The first kappa shape index (κ1) is 39.0. The number of rotatable bonds is 8. The van der Waals surface area contributed by atoms with E-state index in [1.165, 1.54) is 6.20 Å². The summed E-state index contributed by atoms with van der Waals surface area (Å²) in [6.45, 7) is 22.8. The molecule has 0 saturated heterocycles. The van der Waals surface area contributed by atoms with E-state index in [1.54, 1.807) is 24.3 Å². The molecule has 0 aliphatic heterocycles. The van der Waals surface area contributed by atoms with Gasteiger partial charge in [-0.3, -0.25) is 9.55 Å². The van der Waals surface area contributed by atoms with Gasteiger partial charge in [-0.15, -0.1) is 0 Å². The fraction of sp³-hybridized carbons (Fsp3) is 0.323. The second-order valence-electron chi connectivity index (χ2n) is 21.7. The zero-order valence-corrected chi connectivity index (χ0v) is 41.1. The number of aromatic hydroxyl groups is 1. The number of imidazole rings is 1. The van der Waals surface area contributed by atoms with Crippen molar-refractivity contribution in [3.8, 4) is 67.5 Å². The number of aryl methyl sites for hydroxylation is 1. The van der Waals surface area contributed by atoms with E-state index in [0.29, 0.717) is 28.0 Å². The molecule has 66 heavy (non-hydrogen) atoms. The molecule has 0 unspecified atom stereocenters. The highest BCUT2D eigenvalue weighted by Gasteiger charge is 2.31. The van der Waals surface area contributed by atoms with Crippen molar-refractivity contribution in [2.24, 2.45) is 0 Å². The number of aromatic nitrogens is 3. The second kappa shape index (κ2) is 17.2. The van der Waals surface area contributed by atoms with Crippen LogP contribution in [0.3, 0.4) is 0 Å². The van der Waals surface area contributed by atoms with Crippen LogP contribution in [0.2, 0.25) is 0 Å². The van der Waals surface area contributed by atoms with E-state index in [4.69, 9.17) is 18.2 Å². The van der Waals surface area contributed by atoms with Gasteiger partial charge in [0.1, 0.15) is 11.6 Å². The number of hydrogen-bond donors (Lipinski definition) is 1. The van der Waals surface area contributed by atoms with Gasteiger partial charge in [-0.1, -0.05) is 175 Å². The van der Waals surface area contributed by atoms with Crippen LogP contribution in [0, 0.1) is 13.7 Å². The SMILES string of the molecule is [2H]C([2H])([2H])c1cnc(-c2cc(-c3cccc4c3nc(-c3cc(C(C)(C)C)cc(C(C)(C)C)c3O)n4-c3c(C(C)C)cc(-c4ccccc4)cc3C(C)C)cc(C(C)(C)C)c2)c(C([2H])([2H])[2H])c1-c1ccccc1. The minimum absolute atomic E-state index is 0.0951. The maximum Gasteiger partial charge on any atom is 0.149 e. The molecule has 0 spiro atoms. The highest BCUT2D eigenvalue weighted by atomic mass is 16.3. The number of phenols is 1. The average molecular weight is 878 g/mol. The third-order valence-electron chi connectivity index (χ3n) is 13.0. The third kappa shape index (κ3) is 8.63. The van der Waals surface area contributed by atoms with Crippen LogP contribution in [0.15, 0.2) is 128 Å². The van der Waals surface area contributed by atoms with Crippen LogP contribution in [-0.4, -0.2) is 19.6 Å². The number of hydrogen-bond acceptors (Lipinski definition) is 3. The molecule has 0 aliphatic rings. The number of para-hydroxylation sites is 1. The monoisotopic (exact) mass is 878 g/mol. The Labute approximate surface area is 403 Å². The molecular formula is C62H69N3O. The number of nitrogens with zero attached hydrogens (tertiary/aromatic N) is 3. The summed E-state index contributed by atoms with van der Waals surface area (Å²) in [5.41, 5.74) is 12.2. The summed E-state index contributed by atoms with van der Waals surface area (Å²) in [6.07, 6.45) is 1.32. The van der Waals surface area contributed by atoms with Gasteiger partial charge in [0.15, 0.2) is 0 Å². The van der Waals surface area contributed by atoms with Gasteiger partial charge in [0, 0.05) is 31.1 Å². The van der Waals surface area contributed by atoms with Crippen molar-refractivity contribution in [2.75, 3.05) is 0 Å². The van der Waals surface area contributed by atoms with Crippen LogP contribution in [-0.2, 0) is 16.2 Å². The van der Waals surface area contributed by atoms with Crippen LogP contribution in [0.25, 0.3) is 72.7 Å². The first-order chi connectivity index (χ1) is 33.5. The molecule has 338 valence electrons. The Balaban J connectivity index is 1.53. The molecule has 4 nitrogen and oxygen atoms in total. The minimum Gasteiger partial charge on any atom is -0.507 e. The molecule has 0 fully saturated rings. The average Bonchev–Trinajstić information content (AvgIpc) is 3.68. The third-order valence-corrected chi connectivity index (χ3v) is 13.0. The van der Waals surface area contributed by atoms with Gasteiger partial charge in [0.05, 0.1) is 28.0 Å². The van der Waals surface area contributed by atoms with Gasteiger partial charge < -0.3 is 5.11 Å². The lowest BCUT2D eigenvalue weighted by Gasteiger charge is -2.28. The van der Waals surface area contributed by atoms with E-state index < -0.39 is 24.5 Å². The smallest absolute Gasteiger partial charge is 0.149 e. The number of pyridine rings is 1. The van der Waals surface area contributed by atoms with Crippen molar-refractivity contribution in [1.82, 2.24) is 14.5 Å². The van der Waals surface area contributed by atoms with Crippen molar-refractivity contribution in [2.45, 2.75) is 132 Å². The Morgan fingerprint density at radius 1 is 0.561 bits per heavy atom. The maximum absolute atomic E-state index is 12.7.